The van der Waals surface area contributed by atoms with Gasteiger partial charge in [-0.1, -0.05) is 18.2 Å². The maximum atomic E-state index is 3.75. The molecule has 1 N–H and O–H groups in total. The first-order chi connectivity index (χ1) is 9.66. The van der Waals surface area contributed by atoms with E-state index < -0.39 is 0 Å². The molecule has 2 aromatic rings. The SMILES string of the molecule is Cc1c(CNC2CCCN(C)C2)n(C)c2ccccc12. The molecule has 1 aromatic heterocycles. The Morgan fingerprint density at radius 3 is 2.80 bits per heavy atom. The van der Waals surface area contributed by atoms with E-state index in [9.17, 15) is 0 Å². The van der Waals surface area contributed by atoms with Gasteiger partial charge in [0.25, 0.3) is 0 Å². The molecule has 0 radical (unpaired) electrons. The Bertz CT molecular complexity index is 561. The zero-order valence-electron chi connectivity index (χ0n) is 12.8. The van der Waals surface area contributed by atoms with Gasteiger partial charge in [0.15, 0.2) is 0 Å². The monoisotopic (exact) mass is 271 g/mol. The van der Waals surface area contributed by atoms with Crippen LogP contribution in [0.25, 0.3) is 10.9 Å². The van der Waals surface area contributed by atoms with Crippen LogP contribution in [0.1, 0.15) is 24.1 Å². The van der Waals surface area contributed by atoms with Gasteiger partial charge in [-0.25, -0.2) is 0 Å². The maximum Gasteiger partial charge on any atom is 0.0483 e. The first-order valence-corrected chi connectivity index (χ1v) is 7.61. The van der Waals surface area contributed by atoms with Gasteiger partial charge in [0.2, 0.25) is 0 Å². The number of nitrogens with one attached hydrogen (secondary N) is 1. The predicted octanol–water partition coefficient (Wildman–Crippen LogP) is 2.67. The van der Waals surface area contributed by atoms with Crippen LogP contribution in [0.2, 0.25) is 0 Å². The molecule has 1 atom stereocenters. The van der Waals surface area contributed by atoms with Crippen molar-refractivity contribution < 1.29 is 0 Å². The topological polar surface area (TPSA) is 20.2 Å². The number of hydrogen-bond donors (Lipinski definition) is 1. The number of hydrogen-bond acceptors (Lipinski definition) is 2. The van der Waals surface area contributed by atoms with E-state index in [1.54, 1.807) is 0 Å². The first kappa shape index (κ1) is 13.7. The molecule has 0 bridgehead atoms. The summed E-state index contributed by atoms with van der Waals surface area (Å²) in [4.78, 5) is 2.43. The summed E-state index contributed by atoms with van der Waals surface area (Å²) in [5, 5.41) is 5.13. The van der Waals surface area contributed by atoms with Crippen molar-refractivity contribution in [2.45, 2.75) is 32.4 Å². The van der Waals surface area contributed by atoms with Crippen LogP contribution in [0.5, 0.6) is 0 Å². The molecule has 1 saturated heterocycles. The number of likely N-dealkylation sites (tertiary alicyclic amines) is 1. The fourth-order valence-electron chi connectivity index (χ4n) is 3.46. The normalized spacial score (nSPS) is 20.6. The van der Waals surface area contributed by atoms with Gasteiger partial charge in [-0.05, 0) is 45.0 Å². The Kier molecular flexibility index (Phi) is 3.81. The molecule has 2 heterocycles. The molecule has 20 heavy (non-hydrogen) atoms. The van der Waals surface area contributed by atoms with Crippen molar-refractivity contribution in [2.24, 2.45) is 7.05 Å². The number of rotatable bonds is 3. The Labute approximate surface area is 121 Å². The smallest absolute Gasteiger partial charge is 0.0483 e. The van der Waals surface area contributed by atoms with Crippen molar-refractivity contribution in [1.82, 2.24) is 14.8 Å². The number of nitrogens with zero attached hydrogens (tertiary/aromatic N) is 2. The second kappa shape index (κ2) is 5.58. The number of likely N-dealkylation sites (N-methyl/N-ethyl adjacent to an activating group) is 1. The van der Waals surface area contributed by atoms with Crippen LogP contribution in [0, 0.1) is 6.92 Å². The fraction of sp³-hybridized carbons (Fsp3) is 0.529. The molecular weight excluding hydrogens is 246 g/mol. The highest BCUT2D eigenvalue weighted by molar-refractivity contribution is 5.85. The summed E-state index contributed by atoms with van der Waals surface area (Å²) in [5.41, 5.74) is 4.17. The Morgan fingerprint density at radius 2 is 2.05 bits per heavy atom. The lowest BCUT2D eigenvalue weighted by Gasteiger charge is -2.30. The second-order valence-corrected chi connectivity index (χ2v) is 6.13. The van der Waals surface area contributed by atoms with Gasteiger partial charge < -0.3 is 14.8 Å². The Balaban J connectivity index is 1.77. The van der Waals surface area contributed by atoms with E-state index in [0.717, 1.165) is 6.54 Å². The lowest BCUT2D eigenvalue weighted by atomic mass is 10.1. The average Bonchev–Trinajstić information content (AvgIpc) is 2.70. The molecule has 0 aliphatic carbocycles. The van der Waals surface area contributed by atoms with Gasteiger partial charge in [0.05, 0.1) is 0 Å². The summed E-state index contributed by atoms with van der Waals surface area (Å²) in [6, 6.07) is 9.31. The van der Waals surface area contributed by atoms with E-state index in [-0.39, 0.29) is 0 Å². The van der Waals surface area contributed by atoms with Crippen molar-refractivity contribution in [3.63, 3.8) is 0 Å². The highest BCUT2D eigenvalue weighted by atomic mass is 15.1. The highest BCUT2D eigenvalue weighted by Crippen LogP contribution is 2.24. The Morgan fingerprint density at radius 1 is 1.25 bits per heavy atom. The van der Waals surface area contributed by atoms with Crippen molar-refractivity contribution >= 4 is 10.9 Å². The molecule has 1 aliphatic heterocycles. The number of aromatic nitrogens is 1. The lowest BCUT2D eigenvalue weighted by Crippen LogP contribution is -2.43. The molecular formula is C17H25N3. The third kappa shape index (κ3) is 2.48. The van der Waals surface area contributed by atoms with E-state index >= 15 is 0 Å². The molecule has 0 saturated carbocycles. The van der Waals surface area contributed by atoms with Crippen LogP contribution in [0.15, 0.2) is 24.3 Å². The standard InChI is InChI=1S/C17H25N3/c1-13-15-8-4-5-9-16(15)20(3)17(13)11-18-14-7-6-10-19(2)12-14/h4-5,8-9,14,18H,6-7,10-12H2,1-3H3. The summed E-state index contributed by atoms with van der Waals surface area (Å²) >= 11 is 0. The summed E-state index contributed by atoms with van der Waals surface area (Å²) in [6.45, 7) is 5.62. The molecule has 3 rings (SSSR count). The summed E-state index contributed by atoms with van der Waals surface area (Å²) in [7, 11) is 4.40. The molecule has 108 valence electrons. The third-order valence-corrected chi connectivity index (χ3v) is 4.69. The van der Waals surface area contributed by atoms with Crippen molar-refractivity contribution in [3.05, 3.63) is 35.5 Å². The van der Waals surface area contributed by atoms with Gasteiger partial charge in [0.1, 0.15) is 0 Å². The molecule has 1 aromatic carbocycles. The van der Waals surface area contributed by atoms with Crippen molar-refractivity contribution in [1.29, 1.82) is 0 Å². The van der Waals surface area contributed by atoms with E-state index in [1.165, 1.54) is 48.1 Å². The number of benzene rings is 1. The van der Waals surface area contributed by atoms with Crippen LogP contribution in [-0.4, -0.2) is 35.6 Å². The van der Waals surface area contributed by atoms with Crippen LogP contribution in [0.3, 0.4) is 0 Å². The lowest BCUT2D eigenvalue weighted by molar-refractivity contribution is 0.226. The first-order valence-electron chi connectivity index (χ1n) is 7.61. The summed E-state index contributed by atoms with van der Waals surface area (Å²) in [5.74, 6) is 0. The van der Waals surface area contributed by atoms with Crippen LogP contribution in [0.4, 0.5) is 0 Å². The van der Waals surface area contributed by atoms with Crippen molar-refractivity contribution in [3.8, 4) is 0 Å². The molecule has 3 nitrogen and oxygen atoms in total. The number of para-hydroxylation sites is 1. The molecule has 1 aliphatic rings. The van der Waals surface area contributed by atoms with Crippen molar-refractivity contribution in [2.75, 3.05) is 20.1 Å². The molecule has 0 amide bonds. The van der Waals surface area contributed by atoms with E-state index in [4.69, 9.17) is 0 Å². The second-order valence-electron chi connectivity index (χ2n) is 6.13. The van der Waals surface area contributed by atoms with Gasteiger partial charge in [-0.2, -0.15) is 0 Å². The third-order valence-electron chi connectivity index (χ3n) is 4.69. The van der Waals surface area contributed by atoms with E-state index in [2.05, 4.69) is 60.1 Å². The molecule has 0 spiro atoms. The van der Waals surface area contributed by atoms with E-state index in [0.29, 0.717) is 6.04 Å². The summed E-state index contributed by atoms with van der Waals surface area (Å²) in [6.07, 6.45) is 2.61. The fourth-order valence-corrected chi connectivity index (χ4v) is 3.46. The molecule has 1 unspecified atom stereocenters. The zero-order chi connectivity index (χ0) is 14.1. The van der Waals surface area contributed by atoms with Crippen LogP contribution in [-0.2, 0) is 13.6 Å². The minimum Gasteiger partial charge on any atom is -0.346 e. The minimum absolute atomic E-state index is 0.631. The molecule has 3 heteroatoms. The quantitative estimate of drug-likeness (QED) is 0.926. The van der Waals surface area contributed by atoms with Gasteiger partial charge in [-0.15, -0.1) is 0 Å². The predicted molar refractivity (Wildman–Crippen MR) is 85.0 cm³/mol. The number of aryl methyl sites for hydroxylation is 2. The average molecular weight is 271 g/mol. The van der Waals surface area contributed by atoms with Gasteiger partial charge in [-0.3, -0.25) is 0 Å². The maximum absolute atomic E-state index is 3.75. The highest BCUT2D eigenvalue weighted by Gasteiger charge is 2.18. The number of fused-ring (bicyclic) bond motifs is 1. The summed E-state index contributed by atoms with van der Waals surface area (Å²) < 4.78 is 2.34. The molecule has 1 fully saturated rings. The minimum atomic E-state index is 0.631. The van der Waals surface area contributed by atoms with Gasteiger partial charge >= 0.3 is 0 Å². The largest absolute Gasteiger partial charge is 0.346 e. The Hall–Kier alpha value is -1.32. The van der Waals surface area contributed by atoms with E-state index in [1.807, 2.05) is 0 Å². The van der Waals surface area contributed by atoms with Crippen LogP contribution < -0.4 is 5.32 Å². The van der Waals surface area contributed by atoms with Gasteiger partial charge in [0, 0.05) is 42.8 Å². The zero-order valence-corrected chi connectivity index (χ0v) is 12.8. The number of piperidine rings is 1. The van der Waals surface area contributed by atoms with Crippen LogP contribution >= 0.6 is 0 Å².